The zero-order chi connectivity index (χ0) is 23.6. The highest BCUT2D eigenvalue weighted by atomic mass is 16.6. The summed E-state index contributed by atoms with van der Waals surface area (Å²) in [5.74, 6) is 0.400. The number of nitro groups is 1. The second-order valence-corrected chi connectivity index (χ2v) is 7.43. The number of azo groups is 1. The Labute approximate surface area is 191 Å². The lowest BCUT2D eigenvalue weighted by Crippen LogP contribution is -2.06. The van der Waals surface area contributed by atoms with Crippen molar-refractivity contribution in [2.24, 2.45) is 10.2 Å². The maximum Gasteiger partial charge on any atom is 0.333 e. The molecule has 8 nitrogen and oxygen atoms in total. The number of nitrogens with zero attached hydrogens (tertiary/aromatic N) is 3. The van der Waals surface area contributed by atoms with Crippen molar-refractivity contribution in [3.05, 3.63) is 82.9 Å². The van der Waals surface area contributed by atoms with E-state index >= 15 is 0 Å². The smallest absolute Gasteiger partial charge is 0.333 e. The third-order valence-electron chi connectivity index (χ3n) is 4.82. The van der Waals surface area contributed by atoms with Crippen LogP contribution in [0.15, 0.2) is 83.0 Å². The third-order valence-corrected chi connectivity index (χ3v) is 4.82. The molecule has 8 heteroatoms. The van der Waals surface area contributed by atoms with Crippen molar-refractivity contribution in [1.29, 1.82) is 0 Å². The molecule has 0 bridgehead atoms. The van der Waals surface area contributed by atoms with E-state index in [1.165, 1.54) is 12.1 Å². The van der Waals surface area contributed by atoms with Gasteiger partial charge in [-0.25, -0.2) is 4.79 Å². The summed E-state index contributed by atoms with van der Waals surface area (Å²) in [4.78, 5) is 21.7. The highest BCUT2D eigenvalue weighted by Gasteiger charge is 2.08. The number of carbonyl (C=O) groups is 1. The van der Waals surface area contributed by atoms with Gasteiger partial charge in [0.05, 0.1) is 29.5 Å². The Morgan fingerprint density at radius 3 is 2.33 bits per heavy atom. The normalized spacial score (nSPS) is 10.9. The number of benzene rings is 3. The van der Waals surface area contributed by atoms with Gasteiger partial charge in [-0.3, -0.25) is 10.1 Å². The van der Waals surface area contributed by atoms with Crippen LogP contribution in [-0.4, -0.2) is 24.1 Å². The number of hydrogen-bond acceptors (Lipinski definition) is 7. The van der Waals surface area contributed by atoms with Gasteiger partial charge in [-0.15, -0.1) is 5.11 Å². The minimum Gasteiger partial charge on any atom is -0.493 e. The van der Waals surface area contributed by atoms with E-state index in [4.69, 9.17) is 9.47 Å². The lowest BCUT2D eigenvalue weighted by atomic mass is 10.1. The quantitative estimate of drug-likeness (QED) is 0.0800. The zero-order valence-electron chi connectivity index (χ0n) is 18.4. The van der Waals surface area contributed by atoms with Crippen LogP contribution < -0.4 is 4.74 Å². The van der Waals surface area contributed by atoms with Crippen LogP contribution >= 0.6 is 0 Å². The van der Waals surface area contributed by atoms with Crippen molar-refractivity contribution >= 4 is 33.8 Å². The summed E-state index contributed by atoms with van der Waals surface area (Å²) < 4.78 is 11.1. The predicted octanol–water partition coefficient (Wildman–Crippen LogP) is 6.83. The molecule has 0 radical (unpaired) electrons. The van der Waals surface area contributed by atoms with Gasteiger partial charge >= 0.3 is 5.97 Å². The highest BCUT2D eigenvalue weighted by molar-refractivity contribution is 5.96. The second kappa shape index (κ2) is 11.5. The van der Waals surface area contributed by atoms with Crippen molar-refractivity contribution < 1.29 is 19.2 Å². The zero-order valence-corrected chi connectivity index (χ0v) is 18.4. The predicted molar refractivity (Wildman–Crippen MR) is 126 cm³/mol. The van der Waals surface area contributed by atoms with Crippen LogP contribution in [0.4, 0.5) is 17.1 Å². The number of rotatable bonds is 11. The molecule has 3 rings (SSSR count). The number of carbonyl (C=O) groups excluding carboxylic acids is 1. The molecule has 0 saturated carbocycles. The van der Waals surface area contributed by atoms with E-state index in [2.05, 4.69) is 16.8 Å². The van der Waals surface area contributed by atoms with Crippen LogP contribution in [-0.2, 0) is 9.53 Å². The Morgan fingerprint density at radius 1 is 0.939 bits per heavy atom. The minimum absolute atomic E-state index is 0.00813. The molecule has 0 aliphatic carbocycles. The molecule has 0 unspecified atom stereocenters. The summed E-state index contributed by atoms with van der Waals surface area (Å²) >= 11 is 0. The molecule has 0 atom stereocenters. The third kappa shape index (κ3) is 6.70. The van der Waals surface area contributed by atoms with E-state index in [0.717, 1.165) is 35.8 Å². The van der Waals surface area contributed by atoms with Gasteiger partial charge in [-0.05, 0) is 50.5 Å². The molecular weight excluding hydrogens is 422 g/mol. The lowest BCUT2D eigenvalue weighted by Gasteiger charge is -2.11. The van der Waals surface area contributed by atoms with E-state index in [1.54, 1.807) is 19.1 Å². The molecule has 0 N–H and O–H groups in total. The van der Waals surface area contributed by atoms with Gasteiger partial charge in [0.2, 0.25) is 0 Å². The number of nitro benzene ring substituents is 1. The summed E-state index contributed by atoms with van der Waals surface area (Å²) in [5.41, 5.74) is 1.62. The molecule has 0 aliphatic heterocycles. The minimum atomic E-state index is -0.453. The molecule has 33 heavy (non-hydrogen) atoms. The average molecular weight is 447 g/mol. The summed E-state index contributed by atoms with van der Waals surface area (Å²) in [6.45, 7) is 6.10. The van der Waals surface area contributed by atoms with Crippen molar-refractivity contribution in [2.45, 2.75) is 26.2 Å². The lowest BCUT2D eigenvalue weighted by molar-refractivity contribution is -0.384. The van der Waals surface area contributed by atoms with E-state index in [9.17, 15) is 14.9 Å². The maximum atomic E-state index is 11.3. The molecule has 170 valence electrons. The van der Waals surface area contributed by atoms with E-state index < -0.39 is 4.92 Å². The van der Waals surface area contributed by atoms with Gasteiger partial charge < -0.3 is 9.47 Å². The topological polar surface area (TPSA) is 103 Å². The van der Waals surface area contributed by atoms with Gasteiger partial charge in [0, 0.05) is 28.5 Å². The van der Waals surface area contributed by atoms with Gasteiger partial charge in [-0.2, -0.15) is 5.11 Å². The Morgan fingerprint density at radius 2 is 1.64 bits per heavy atom. The molecule has 0 spiro atoms. The first-order valence-electron chi connectivity index (χ1n) is 10.6. The van der Waals surface area contributed by atoms with Crippen molar-refractivity contribution in [1.82, 2.24) is 0 Å². The molecule has 0 aliphatic rings. The van der Waals surface area contributed by atoms with Crippen LogP contribution in [0.3, 0.4) is 0 Å². The molecule has 0 aromatic heterocycles. The SMILES string of the molecule is C=C(C)C(=O)OCCCCCOc1ccc(N=Nc2ccc([N+](=O)[O-])cc2)c2ccccc12. The van der Waals surface area contributed by atoms with Crippen LogP contribution in [0, 0.1) is 10.1 Å². The van der Waals surface area contributed by atoms with Crippen molar-refractivity contribution in [2.75, 3.05) is 13.2 Å². The van der Waals surface area contributed by atoms with Crippen molar-refractivity contribution in [3.63, 3.8) is 0 Å². The number of hydrogen-bond donors (Lipinski definition) is 0. The average Bonchev–Trinajstić information content (AvgIpc) is 2.82. The van der Waals surface area contributed by atoms with Gasteiger partial charge in [0.1, 0.15) is 5.75 Å². The Kier molecular flexibility index (Phi) is 8.24. The first kappa shape index (κ1) is 23.6. The molecule has 3 aromatic carbocycles. The first-order chi connectivity index (χ1) is 16.0. The molecule has 0 amide bonds. The van der Waals surface area contributed by atoms with Crippen LogP contribution in [0.1, 0.15) is 26.2 Å². The summed E-state index contributed by atoms with van der Waals surface area (Å²) in [6, 6.07) is 17.4. The summed E-state index contributed by atoms with van der Waals surface area (Å²) in [7, 11) is 0. The Balaban J connectivity index is 1.59. The highest BCUT2D eigenvalue weighted by Crippen LogP contribution is 2.34. The number of non-ortho nitro benzene ring substituents is 1. The molecule has 0 fully saturated rings. The fourth-order valence-electron chi connectivity index (χ4n) is 3.07. The van der Waals surface area contributed by atoms with Crippen LogP contribution in [0.25, 0.3) is 10.8 Å². The second-order valence-electron chi connectivity index (χ2n) is 7.43. The Hall–Kier alpha value is -4.07. The summed E-state index contributed by atoms with van der Waals surface area (Å²) in [5, 5.41) is 21.1. The monoisotopic (exact) mass is 447 g/mol. The van der Waals surface area contributed by atoms with Gasteiger partial charge in [0.15, 0.2) is 0 Å². The number of unbranched alkanes of at least 4 members (excludes halogenated alkanes) is 2. The molecule has 3 aromatic rings. The molecule has 0 heterocycles. The largest absolute Gasteiger partial charge is 0.493 e. The number of ether oxygens (including phenoxy) is 2. The number of esters is 1. The van der Waals surface area contributed by atoms with E-state index in [-0.39, 0.29) is 11.7 Å². The standard InChI is InChI=1S/C25H25N3O5/c1-18(2)25(29)33-17-7-3-6-16-32-24-15-14-23(21-8-4-5-9-22(21)24)27-26-19-10-12-20(13-11-19)28(30)31/h4-5,8-15H,1,3,6-7,16-17H2,2H3. The fourth-order valence-corrected chi connectivity index (χ4v) is 3.07. The maximum absolute atomic E-state index is 11.3. The fraction of sp³-hybridized carbons (Fsp3) is 0.240. The van der Waals surface area contributed by atoms with Crippen LogP contribution in [0.5, 0.6) is 5.75 Å². The molecule has 0 saturated heterocycles. The van der Waals surface area contributed by atoms with E-state index in [1.807, 2.05) is 36.4 Å². The summed E-state index contributed by atoms with van der Waals surface area (Å²) in [6.07, 6.45) is 2.48. The first-order valence-corrected chi connectivity index (χ1v) is 10.6. The number of fused-ring (bicyclic) bond motifs is 1. The molecular formula is C25H25N3O5. The van der Waals surface area contributed by atoms with Crippen LogP contribution in [0.2, 0.25) is 0 Å². The van der Waals surface area contributed by atoms with Crippen molar-refractivity contribution in [3.8, 4) is 5.75 Å². The Bertz CT molecular complexity index is 1170. The van der Waals surface area contributed by atoms with Gasteiger partial charge in [-0.1, -0.05) is 30.8 Å². The van der Waals surface area contributed by atoms with Gasteiger partial charge in [0.25, 0.3) is 5.69 Å². The van der Waals surface area contributed by atoms with E-state index in [0.29, 0.717) is 30.2 Å².